The van der Waals surface area contributed by atoms with Crippen LogP contribution in [0.25, 0.3) is 0 Å². The molecule has 0 radical (unpaired) electrons. The van der Waals surface area contributed by atoms with Gasteiger partial charge in [0, 0.05) is 23.8 Å². The van der Waals surface area contributed by atoms with Crippen LogP contribution >= 0.6 is 12.2 Å². The van der Waals surface area contributed by atoms with Crippen LogP contribution in [0.2, 0.25) is 0 Å². The van der Waals surface area contributed by atoms with E-state index in [0.717, 1.165) is 29.3 Å². The summed E-state index contributed by atoms with van der Waals surface area (Å²) in [6, 6.07) is 10.6. The number of rotatable bonds is 5. The van der Waals surface area contributed by atoms with E-state index < -0.39 is 0 Å². The molecule has 132 valence electrons. The second-order valence-corrected chi connectivity index (χ2v) is 7.70. The van der Waals surface area contributed by atoms with Gasteiger partial charge in [-0.25, -0.2) is 0 Å². The van der Waals surface area contributed by atoms with Gasteiger partial charge in [0.25, 0.3) is 0 Å². The molecule has 2 N–H and O–H groups in total. The van der Waals surface area contributed by atoms with Gasteiger partial charge in [-0.2, -0.15) is 0 Å². The molecule has 3 atom stereocenters. The SMILES string of the molecule is CCCN1[C@@H]2CCC[C@H]1CC(NC(=S)Nc1ccc(CC)cc1)C2. The molecule has 24 heavy (non-hydrogen) atoms. The average Bonchev–Trinajstić information content (AvgIpc) is 2.56. The molecule has 3 rings (SSSR count). The third kappa shape index (κ3) is 4.28. The minimum absolute atomic E-state index is 0.517. The zero-order valence-corrected chi connectivity index (χ0v) is 15.9. The topological polar surface area (TPSA) is 27.3 Å². The molecule has 0 aliphatic carbocycles. The number of anilines is 1. The summed E-state index contributed by atoms with van der Waals surface area (Å²) in [5, 5.41) is 7.70. The fourth-order valence-corrected chi connectivity index (χ4v) is 4.68. The summed E-state index contributed by atoms with van der Waals surface area (Å²) >= 11 is 5.55. The molecule has 0 spiro atoms. The van der Waals surface area contributed by atoms with Crippen molar-refractivity contribution in [3.63, 3.8) is 0 Å². The lowest BCUT2D eigenvalue weighted by molar-refractivity contribution is 0.0284. The number of benzene rings is 1. The van der Waals surface area contributed by atoms with Crippen LogP contribution in [0.4, 0.5) is 5.69 Å². The number of fused-ring (bicyclic) bond motifs is 2. The van der Waals surface area contributed by atoms with Crippen molar-refractivity contribution in [2.24, 2.45) is 0 Å². The van der Waals surface area contributed by atoms with Crippen LogP contribution in [0.15, 0.2) is 24.3 Å². The van der Waals surface area contributed by atoms with Crippen molar-refractivity contribution >= 4 is 23.0 Å². The van der Waals surface area contributed by atoms with Crippen LogP contribution in [0.5, 0.6) is 0 Å². The highest BCUT2D eigenvalue weighted by molar-refractivity contribution is 7.80. The number of hydrogen-bond donors (Lipinski definition) is 2. The monoisotopic (exact) mass is 345 g/mol. The van der Waals surface area contributed by atoms with Crippen LogP contribution in [-0.2, 0) is 6.42 Å². The third-order valence-electron chi connectivity index (χ3n) is 5.56. The predicted octanol–water partition coefficient (Wildman–Crippen LogP) is 4.33. The first kappa shape index (κ1) is 17.7. The van der Waals surface area contributed by atoms with Crippen molar-refractivity contribution in [2.45, 2.75) is 76.9 Å². The van der Waals surface area contributed by atoms with Gasteiger partial charge in [0.15, 0.2) is 5.11 Å². The largest absolute Gasteiger partial charge is 0.360 e. The average molecular weight is 346 g/mol. The van der Waals surface area contributed by atoms with Crippen molar-refractivity contribution in [3.05, 3.63) is 29.8 Å². The standard InChI is InChI=1S/C20H31N3S/c1-3-12-23-18-6-5-7-19(23)14-17(13-18)22-20(24)21-16-10-8-15(4-2)9-11-16/h8-11,17-19H,3-7,12-14H2,1-2H3,(H2,21,22,24)/t17?,18-,19+. The van der Waals surface area contributed by atoms with Gasteiger partial charge in [0.05, 0.1) is 0 Å². The Bertz CT molecular complexity index is 528. The van der Waals surface area contributed by atoms with Gasteiger partial charge < -0.3 is 10.6 Å². The van der Waals surface area contributed by atoms with Crippen LogP contribution in [0.3, 0.4) is 0 Å². The number of hydrogen-bond acceptors (Lipinski definition) is 2. The number of nitrogens with zero attached hydrogens (tertiary/aromatic N) is 1. The van der Waals surface area contributed by atoms with E-state index in [0.29, 0.717) is 6.04 Å². The zero-order valence-electron chi connectivity index (χ0n) is 15.1. The summed E-state index contributed by atoms with van der Waals surface area (Å²) < 4.78 is 0. The maximum Gasteiger partial charge on any atom is 0.170 e. The normalized spacial score (nSPS) is 26.8. The van der Waals surface area contributed by atoms with E-state index in [1.807, 2.05) is 0 Å². The van der Waals surface area contributed by atoms with Gasteiger partial charge >= 0.3 is 0 Å². The molecule has 2 fully saturated rings. The minimum atomic E-state index is 0.517. The van der Waals surface area contributed by atoms with Crippen molar-refractivity contribution in [1.29, 1.82) is 0 Å². The maximum atomic E-state index is 5.55. The lowest BCUT2D eigenvalue weighted by Crippen LogP contribution is -2.57. The molecule has 2 aliphatic heterocycles. The first-order valence-electron chi connectivity index (χ1n) is 9.61. The molecule has 2 aliphatic rings. The summed E-state index contributed by atoms with van der Waals surface area (Å²) in [5.74, 6) is 0. The van der Waals surface area contributed by atoms with E-state index in [1.165, 1.54) is 50.6 Å². The van der Waals surface area contributed by atoms with Gasteiger partial charge in [-0.3, -0.25) is 4.90 Å². The molecule has 2 heterocycles. The van der Waals surface area contributed by atoms with Crippen molar-refractivity contribution < 1.29 is 0 Å². The number of aryl methyl sites for hydroxylation is 1. The van der Waals surface area contributed by atoms with Crippen LogP contribution in [-0.4, -0.2) is 34.7 Å². The Hall–Kier alpha value is -1.13. The molecule has 2 bridgehead atoms. The Kier molecular flexibility index (Phi) is 6.12. The summed E-state index contributed by atoms with van der Waals surface area (Å²) in [6.45, 7) is 5.73. The summed E-state index contributed by atoms with van der Waals surface area (Å²) in [5.41, 5.74) is 2.43. The van der Waals surface area contributed by atoms with Crippen molar-refractivity contribution in [2.75, 3.05) is 11.9 Å². The first-order valence-corrected chi connectivity index (χ1v) is 10.0. The molecular weight excluding hydrogens is 314 g/mol. The Labute approximate surface area is 152 Å². The highest BCUT2D eigenvalue weighted by Gasteiger charge is 2.37. The highest BCUT2D eigenvalue weighted by Crippen LogP contribution is 2.34. The predicted molar refractivity (Wildman–Crippen MR) is 107 cm³/mol. The van der Waals surface area contributed by atoms with Crippen molar-refractivity contribution in [1.82, 2.24) is 10.2 Å². The van der Waals surface area contributed by atoms with Crippen LogP contribution in [0.1, 0.15) is 57.9 Å². The van der Waals surface area contributed by atoms with E-state index in [-0.39, 0.29) is 0 Å². The van der Waals surface area contributed by atoms with E-state index >= 15 is 0 Å². The summed E-state index contributed by atoms with van der Waals surface area (Å²) in [7, 11) is 0. The van der Waals surface area contributed by atoms with E-state index in [4.69, 9.17) is 12.2 Å². The van der Waals surface area contributed by atoms with E-state index in [1.54, 1.807) is 0 Å². The number of nitrogens with one attached hydrogen (secondary N) is 2. The second kappa shape index (κ2) is 8.30. The molecule has 0 amide bonds. The van der Waals surface area contributed by atoms with Gasteiger partial charge in [-0.1, -0.05) is 32.4 Å². The molecule has 0 saturated carbocycles. The zero-order chi connectivity index (χ0) is 16.9. The van der Waals surface area contributed by atoms with Gasteiger partial charge in [0.1, 0.15) is 0 Å². The fraction of sp³-hybridized carbons (Fsp3) is 0.650. The lowest BCUT2D eigenvalue weighted by Gasteiger charge is -2.49. The Morgan fingerprint density at radius 1 is 1.12 bits per heavy atom. The van der Waals surface area contributed by atoms with E-state index in [9.17, 15) is 0 Å². The van der Waals surface area contributed by atoms with Crippen molar-refractivity contribution in [3.8, 4) is 0 Å². The number of piperidine rings is 2. The quantitative estimate of drug-likeness (QED) is 0.777. The maximum absolute atomic E-state index is 5.55. The molecule has 1 unspecified atom stereocenters. The molecule has 3 nitrogen and oxygen atoms in total. The van der Waals surface area contributed by atoms with Gasteiger partial charge in [-0.05, 0) is 75.0 Å². The van der Waals surface area contributed by atoms with Crippen LogP contribution < -0.4 is 10.6 Å². The molecule has 1 aromatic carbocycles. The molecule has 1 aromatic rings. The van der Waals surface area contributed by atoms with Crippen LogP contribution in [0, 0.1) is 0 Å². The molecular formula is C20H31N3S. The Morgan fingerprint density at radius 2 is 1.79 bits per heavy atom. The van der Waals surface area contributed by atoms with Gasteiger partial charge in [0.2, 0.25) is 0 Å². The van der Waals surface area contributed by atoms with E-state index in [2.05, 4.69) is 53.6 Å². The first-order chi connectivity index (χ1) is 11.7. The molecule has 4 heteroatoms. The van der Waals surface area contributed by atoms with Gasteiger partial charge in [-0.15, -0.1) is 0 Å². The molecule has 2 saturated heterocycles. The lowest BCUT2D eigenvalue weighted by atomic mass is 9.81. The summed E-state index contributed by atoms with van der Waals surface area (Å²) in [6.07, 6.45) is 8.90. The molecule has 0 aromatic heterocycles. The minimum Gasteiger partial charge on any atom is -0.360 e. The smallest absolute Gasteiger partial charge is 0.170 e. The second-order valence-electron chi connectivity index (χ2n) is 7.29. The summed E-state index contributed by atoms with van der Waals surface area (Å²) in [4.78, 5) is 2.77. The third-order valence-corrected chi connectivity index (χ3v) is 5.78. The fourth-order valence-electron chi connectivity index (χ4n) is 4.40. The Morgan fingerprint density at radius 3 is 2.38 bits per heavy atom. The highest BCUT2D eigenvalue weighted by atomic mass is 32.1. The Balaban J connectivity index is 1.53. The number of thiocarbonyl (C=S) groups is 1.